The zero-order valence-corrected chi connectivity index (χ0v) is 16.1. The van der Waals surface area contributed by atoms with E-state index in [1.807, 2.05) is 30.3 Å². The quantitative estimate of drug-likeness (QED) is 0.538. The number of thioether (sulfide) groups is 1. The minimum absolute atomic E-state index is 0.000526. The molecule has 0 fully saturated rings. The second-order valence-corrected chi connectivity index (χ2v) is 8.24. The number of carboxylic acids is 2. The number of hydrogen-bond acceptors (Lipinski definition) is 4. The average molecular weight is 457 g/mol. The van der Waals surface area contributed by atoms with Gasteiger partial charge in [0.1, 0.15) is 6.04 Å². The first-order chi connectivity index (χ1) is 11.8. The van der Waals surface area contributed by atoms with Crippen LogP contribution in [0.5, 0.6) is 0 Å². The second kappa shape index (κ2) is 11.8. The third kappa shape index (κ3) is 13.3. The molecule has 0 aromatic heterocycles. The number of nitrogens with one attached hydrogen (secondary N) is 1. The molecule has 0 aliphatic carbocycles. The van der Waals surface area contributed by atoms with Crippen LogP contribution in [-0.2, 0) is 15.3 Å². The molecule has 0 aliphatic heterocycles. The summed E-state index contributed by atoms with van der Waals surface area (Å²) in [6, 6.07) is 9.10. The molecule has 26 heavy (non-hydrogen) atoms. The SMILES string of the molecule is O=C(O)C(F)(F)F.O=C(O)[C@H](CSCc1ccccc1)NCC(Cl)(Cl)Cl. The maximum absolute atomic E-state index is 11.1. The van der Waals surface area contributed by atoms with Crippen LogP contribution in [0.25, 0.3) is 0 Å². The molecule has 0 saturated carbocycles. The molecule has 148 valence electrons. The van der Waals surface area contributed by atoms with Gasteiger partial charge in [-0.2, -0.15) is 24.9 Å². The zero-order chi connectivity index (χ0) is 20.4. The van der Waals surface area contributed by atoms with Crippen molar-refractivity contribution in [1.29, 1.82) is 0 Å². The number of carbonyl (C=O) groups is 2. The lowest BCUT2D eigenvalue weighted by Crippen LogP contribution is -2.42. The van der Waals surface area contributed by atoms with Gasteiger partial charge >= 0.3 is 18.1 Å². The van der Waals surface area contributed by atoms with E-state index < -0.39 is 27.9 Å². The first kappa shape index (κ1) is 25.1. The molecule has 0 aliphatic rings. The van der Waals surface area contributed by atoms with E-state index >= 15 is 0 Å². The molecule has 1 aromatic rings. The lowest BCUT2D eigenvalue weighted by Gasteiger charge is -2.17. The van der Waals surface area contributed by atoms with Gasteiger partial charge in [0.25, 0.3) is 0 Å². The topological polar surface area (TPSA) is 86.6 Å². The number of halogens is 6. The number of hydrogen-bond donors (Lipinski definition) is 3. The first-order valence-corrected chi connectivity index (χ1v) is 9.06. The number of rotatable bonds is 7. The monoisotopic (exact) mass is 455 g/mol. The van der Waals surface area contributed by atoms with Crippen LogP contribution in [0.1, 0.15) is 5.56 Å². The predicted octanol–water partition coefficient (Wildman–Crippen LogP) is 3.97. The van der Waals surface area contributed by atoms with Gasteiger partial charge < -0.3 is 10.2 Å². The Hall–Kier alpha value is -0.870. The van der Waals surface area contributed by atoms with E-state index in [2.05, 4.69) is 5.32 Å². The van der Waals surface area contributed by atoms with Crippen molar-refractivity contribution in [1.82, 2.24) is 5.32 Å². The highest BCUT2D eigenvalue weighted by atomic mass is 35.6. The normalized spacial score (nSPS) is 12.7. The highest BCUT2D eigenvalue weighted by Crippen LogP contribution is 2.25. The lowest BCUT2D eigenvalue weighted by molar-refractivity contribution is -0.192. The Morgan fingerprint density at radius 2 is 1.62 bits per heavy atom. The van der Waals surface area contributed by atoms with Gasteiger partial charge in [-0.1, -0.05) is 65.1 Å². The molecule has 3 N–H and O–H groups in total. The van der Waals surface area contributed by atoms with Gasteiger partial charge in [-0.3, -0.25) is 10.1 Å². The molecule has 1 aromatic carbocycles. The van der Waals surface area contributed by atoms with Crippen LogP contribution in [-0.4, -0.2) is 50.5 Å². The third-order valence-corrected chi connectivity index (χ3v) is 3.99. The van der Waals surface area contributed by atoms with Gasteiger partial charge in [0.2, 0.25) is 3.79 Å². The van der Waals surface area contributed by atoms with Crippen LogP contribution in [0.2, 0.25) is 0 Å². The molecular formula is C14H15Cl3F3NO4S. The molecule has 1 atom stereocenters. The number of aliphatic carboxylic acids is 2. The van der Waals surface area contributed by atoms with Crippen molar-refractivity contribution in [2.75, 3.05) is 12.3 Å². The number of benzene rings is 1. The summed E-state index contributed by atoms with van der Waals surface area (Å²) >= 11 is 18.3. The van der Waals surface area contributed by atoms with Crippen molar-refractivity contribution < 1.29 is 33.0 Å². The highest BCUT2D eigenvalue weighted by molar-refractivity contribution is 7.98. The maximum atomic E-state index is 11.1. The van der Waals surface area contributed by atoms with E-state index in [0.717, 1.165) is 11.3 Å². The van der Waals surface area contributed by atoms with Gasteiger partial charge in [0.05, 0.1) is 0 Å². The van der Waals surface area contributed by atoms with E-state index in [4.69, 9.17) is 49.8 Å². The molecule has 0 spiro atoms. The molecule has 0 amide bonds. The van der Waals surface area contributed by atoms with Gasteiger partial charge in [-0.15, -0.1) is 0 Å². The van der Waals surface area contributed by atoms with E-state index in [1.165, 1.54) is 11.8 Å². The minimum atomic E-state index is -5.08. The molecule has 0 radical (unpaired) electrons. The minimum Gasteiger partial charge on any atom is -0.480 e. The molecule has 5 nitrogen and oxygen atoms in total. The largest absolute Gasteiger partial charge is 0.490 e. The average Bonchev–Trinajstić information content (AvgIpc) is 2.50. The summed E-state index contributed by atoms with van der Waals surface area (Å²) in [6.45, 7) is 0.000526. The lowest BCUT2D eigenvalue weighted by atomic mass is 10.2. The molecule has 1 rings (SSSR count). The van der Waals surface area contributed by atoms with Crippen LogP contribution in [0.4, 0.5) is 13.2 Å². The summed E-state index contributed by atoms with van der Waals surface area (Å²) in [4.78, 5) is 19.9. The van der Waals surface area contributed by atoms with Crippen LogP contribution in [0.15, 0.2) is 30.3 Å². The Labute approximate surface area is 166 Å². The predicted molar refractivity (Wildman–Crippen MR) is 96.0 cm³/mol. The van der Waals surface area contributed by atoms with E-state index in [-0.39, 0.29) is 6.54 Å². The Bertz CT molecular complexity index is 571. The summed E-state index contributed by atoms with van der Waals surface area (Å²) in [5.41, 5.74) is 1.15. The highest BCUT2D eigenvalue weighted by Gasteiger charge is 2.38. The summed E-state index contributed by atoms with van der Waals surface area (Å²) in [5, 5.41) is 18.9. The van der Waals surface area contributed by atoms with Gasteiger partial charge in [-0.25, -0.2) is 4.79 Å². The van der Waals surface area contributed by atoms with Crippen LogP contribution < -0.4 is 5.32 Å². The third-order valence-electron chi connectivity index (χ3n) is 2.49. The summed E-state index contributed by atoms with van der Waals surface area (Å²) in [7, 11) is 0. The fraction of sp³-hybridized carbons (Fsp3) is 0.429. The van der Waals surface area contributed by atoms with Crippen LogP contribution >= 0.6 is 46.6 Å². The fourth-order valence-electron chi connectivity index (χ4n) is 1.33. The molecule has 0 saturated heterocycles. The standard InChI is InChI=1S/C12H14Cl3NO2S.C2HF3O2/c13-12(14,15)8-16-10(11(17)18)7-19-6-9-4-2-1-3-5-9;3-2(4,5)1(6)7/h1-5,10,16H,6-8H2,(H,17,18);(H,6,7)/t10-;/m0./s1. The Kier molecular flexibility index (Phi) is 11.4. The van der Waals surface area contributed by atoms with Crippen molar-refractivity contribution in [2.45, 2.75) is 21.8 Å². The molecule has 0 heterocycles. The molecule has 0 unspecified atom stereocenters. The second-order valence-electron chi connectivity index (χ2n) is 4.69. The first-order valence-electron chi connectivity index (χ1n) is 6.77. The van der Waals surface area contributed by atoms with E-state index in [1.54, 1.807) is 0 Å². The summed E-state index contributed by atoms with van der Waals surface area (Å²) in [6.07, 6.45) is -5.08. The fourth-order valence-corrected chi connectivity index (χ4v) is 2.60. The van der Waals surface area contributed by atoms with Gasteiger partial charge in [-0.05, 0) is 5.56 Å². The summed E-state index contributed by atoms with van der Waals surface area (Å²) < 4.78 is 30.2. The summed E-state index contributed by atoms with van der Waals surface area (Å²) in [5.74, 6) is -2.55. The Morgan fingerprint density at radius 3 is 2.00 bits per heavy atom. The van der Waals surface area contributed by atoms with Crippen LogP contribution in [0, 0.1) is 0 Å². The maximum Gasteiger partial charge on any atom is 0.490 e. The van der Waals surface area contributed by atoms with Gasteiger partial charge in [0, 0.05) is 18.1 Å². The molecule has 0 bridgehead atoms. The van der Waals surface area contributed by atoms with Crippen molar-refractivity contribution in [3.8, 4) is 0 Å². The van der Waals surface area contributed by atoms with Crippen molar-refractivity contribution in [3.05, 3.63) is 35.9 Å². The smallest absolute Gasteiger partial charge is 0.480 e. The van der Waals surface area contributed by atoms with Crippen molar-refractivity contribution in [2.24, 2.45) is 0 Å². The number of carboxylic acid groups (broad SMARTS) is 2. The van der Waals surface area contributed by atoms with E-state index in [0.29, 0.717) is 5.75 Å². The van der Waals surface area contributed by atoms with E-state index in [9.17, 15) is 18.0 Å². The van der Waals surface area contributed by atoms with Crippen molar-refractivity contribution in [3.63, 3.8) is 0 Å². The number of alkyl halides is 6. The van der Waals surface area contributed by atoms with Gasteiger partial charge in [0.15, 0.2) is 0 Å². The zero-order valence-electron chi connectivity index (χ0n) is 13.0. The molecular weight excluding hydrogens is 442 g/mol. The Balaban J connectivity index is 0.000000758. The Morgan fingerprint density at radius 1 is 1.12 bits per heavy atom. The molecule has 12 heteroatoms. The van der Waals surface area contributed by atoms with Crippen molar-refractivity contribution >= 4 is 58.5 Å². The van der Waals surface area contributed by atoms with Crippen LogP contribution in [0.3, 0.4) is 0 Å².